The van der Waals surface area contributed by atoms with Crippen molar-refractivity contribution in [1.29, 1.82) is 0 Å². The van der Waals surface area contributed by atoms with Gasteiger partial charge in [0.15, 0.2) is 5.65 Å². The molecule has 4 rings (SSSR count). The Hall–Kier alpha value is -2.51. The van der Waals surface area contributed by atoms with E-state index < -0.39 is 0 Å². The van der Waals surface area contributed by atoms with Gasteiger partial charge in [-0.15, -0.1) is 5.10 Å². The maximum absolute atomic E-state index is 12.8. The molecule has 8 nitrogen and oxygen atoms in total. The Labute approximate surface area is 139 Å². The van der Waals surface area contributed by atoms with E-state index in [0.717, 1.165) is 19.4 Å². The molecule has 8 heteroatoms. The van der Waals surface area contributed by atoms with Gasteiger partial charge >= 0.3 is 0 Å². The summed E-state index contributed by atoms with van der Waals surface area (Å²) >= 11 is 0. The Kier molecular flexibility index (Phi) is 3.87. The molecule has 1 atom stereocenters. The van der Waals surface area contributed by atoms with Gasteiger partial charge in [-0.1, -0.05) is 0 Å². The summed E-state index contributed by atoms with van der Waals surface area (Å²) in [6.07, 6.45) is 5.80. The summed E-state index contributed by atoms with van der Waals surface area (Å²) in [6, 6.07) is 3.48. The third-order valence-corrected chi connectivity index (χ3v) is 4.80. The number of rotatable bonds is 4. The first kappa shape index (κ1) is 15.0. The van der Waals surface area contributed by atoms with Gasteiger partial charge in [-0.3, -0.25) is 9.59 Å². The number of nitrogens with zero attached hydrogens (tertiary/aromatic N) is 5. The van der Waals surface area contributed by atoms with Gasteiger partial charge in [0, 0.05) is 25.8 Å². The number of aromatic nitrogens is 4. The van der Waals surface area contributed by atoms with Gasteiger partial charge in [0.1, 0.15) is 0 Å². The summed E-state index contributed by atoms with van der Waals surface area (Å²) < 4.78 is 1.48. The van der Waals surface area contributed by atoms with E-state index in [0.29, 0.717) is 30.2 Å². The van der Waals surface area contributed by atoms with Crippen LogP contribution in [0, 0.1) is 11.8 Å². The van der Waals surface area contributed by atoms with Crippen molar-refractivity contribution in [3.63, 3.8) is 0 Å². The zero-order chi connectivity index (χ0) is 16.5. The molecule has 0 spiro atoms. The molecular weight excluding hydrogens is 308 g/mol. The molecule has 1 aliphatic heterocycles. The Balaban J connectivity index is 1.46. The number of likely N-dealkylation sites (tertiary alicyclic amines) is 1. The van der Waals surface area contributed by atoms with E-state index in [-0.39, 0.29) is 17.7 Å². The van der Waals surface area contributed by atoms with Crippen molar-refractivity contribution in [2.45, 2.75) is 25.7 Å². The summed E-state index contributed by atoms with van der Waals surface area (Å²) in [5.41, 5.74) is 0.921. The first-order valence-electron chi connectivity index (χ1n) is 8.46. The van der Waals surface area contributed by atoms with E-state index in [2.05, 4.69) is 20.8 Å². The largest absolute Gasteiger partial charge is 0.356 e. The van der Waals surface area contributed by atoms with Crippen LogP contribution in [0.1, 0.15) is 36.0 Å². The summed E-state index contributed by atoms with van der Waals surface area (Å²) in [6.45, 7) is 1.89. The molecule has 1 unspecified atom stereocenters. The molecule has 0 bridgehead atoms. The fraction of sp³-hybridized carbons (Fsp3) is 0.562. The molecule has 3 heterocycles. The van der Waals surface area contributed by atoms with E-state index in [1.807, 2.05) is 0 Å². The van der Waals surface area contributed by atoms with Gasteiger partial charge in [-0.25, -0.2) is 0 Å². The third-order valence-electron chi connectivity index (χ3n) is 4.80. The number of piperidine rings is 1. The molecule has 2 amide bonds. The van der Waals surface area contributed by atoms with E-state index in [1.165, 1.54) is 17.4 Å². The number of hydrogen-bond donors (Lipinski definition) is 1. The second kappa shape index (κ2) is 6.18. The highest BCUT2D eigenvalue weighted by Crippen LogP contribution is 2.28. The molecule has 126 valence electrons. The van der Waals surface area contributed by atoms with Crippen LogP contribution in [0.2, 0.25) is 0 Å². The lowest BCUT2D eigenvalue weighted by Gasteiger charge is -2.32. The van der Waals surface area contributed by atoms with Gasteiger partial charge in [0.2, 0.25) is 5.91 Å². The van der Waals surface area contributed by atoms with E-state index in [4.69, 9.17) is 0 Å². The van der Waals surface area contributed by atoms with Crippen molar-refractivity contribution < 1.29 is 9.59 Å². The fourth-order valence-electron chi connectivity index (χ4n) is 3.19. The van der Waals surface area contributed by atoms with E-state index in [9.17, 15) is 9.59 Å². The van der Waals surface area contributed by atoms with E-state index in [1.54, 1.807) is 23.2 Å². The van der Waals surface area contributed by atoms with Crippen molar-refractivity contribution in [3.05, 3.63) is 23.9 Å². The fourth-order valence-corrected chi connectivity index (χ4v) is 3.19. The van der Waals surface area contributed by atoms with Crippen molar-refractivity contribution in [1.82, 2.24) is 30.3 Å². The van der Waals surface area contributed by atoms with Crippen molar-refractivity contribution in [2.75, 3.05) is 19.6 Å². The second-order valence-corrected chi connectivity index (χ2v) is 6.65. The summed E-state index contributed by atoms with van der Waals surface area (Å²) in [7, 11) is 0. The maximum atomic E-state index is 12.8. The average molecular weight is 328 g/mol. The van der Waals surface area contributed by atoms with Crippen molar-refractivity contribution in [3.8, 4) is 0 Å². The summed E-state index contributed by atoms with van der Waals surface area (Å²) in [4.78, 5) is 26.9. The molecule has 1 N–H and O–H groups in total. The molecule has 1 aliphatic carbocycles. The number of hydrogen-bond acceptors (Lipinski definition) is 5. The van der Waals surface area contributed by atoms with Crippen LogP contribution in [-0.2, 0) is 4.79 Å². The van der Waals surface area contributed by atoms with Gasteiger partial charge in [-0.05, 0) is 54.2 Å². The lowest BCUT2D eigenvalue weighted by molar-refractivity contribution is -0.126. The standard InChI is InChI=1S/C16H20N6O2/c23-15(17-9-11-5-6-11)12-3-1-7-21(10-12)16(24)13-4-2-8-22-14(13)18-19-20-22/h2,4,8,11-12H,1,3,5-7,9-10H2,(H,17,23). The van der Waals surface area contributed by atoms with Crippen LogP contribution in [0.15, 0.2) is 18.3 Å². The quantitative estimate of drug-likeness (QED) is 0.882. The number of nitrogens with one attached hydrogen (secondary N) is 1. The molecule has 1 saturated carbocycles. The number of tetrazole rings is 1. The highest BCUT2D eigenvalue weighted by Gasteiger charge is 2.31. The zero-order valence-corrected chi connectivity index (χ0v) is 13.4. The Morgan fingerprint density at radius 2 is 2.17 bits per heavy atom. The molecule has 1 saturated heterocycles. The van der Waals surface area contributed by atoms with Gasteiger partial charge < -0.3 is 10.2 Å². The number of carbonyl (C=O) groups excluding carboxylic acids is 2. The monoisotopic (exact) mass is 328 g/mol. The lowest BCUT2D eigenvalue weighted by atomic mass is 9.96. The maximum Gasteiger partial charge on any atom is 0.257 e. The minimum Gasteiger partial charge on any atom is -0.356 e. The first-order valence-corrected chi connectivity index (χ1v) is 8.46. The molecule has 2 aromatic heterocycles. The van der Waals surface area contributed by atoms with Crippen LogP contribution < -0.4 is 5.32 Å². The molecule has 2 fully saturated rings. The van der Waals surface area contributed by atoms with Gasteiger partial charge in [0.25, 0.3) is 5.91 Å². The second-order valence-electron chi connectivity index (χ2n) is 6.65. The number of pyridine rings is 1. The molecular formula is C16H20N6O2. The molecule has 2 aromatic rings. The summed E-state index contributed by atoms with van der Waals surface area (Å²) in [5.74, 6) is 0.488. The highest BCUT2D eigenvalue weighted by molar-refractivity contribution is 5.99. The molecule has 2 aliphatic rings. The summed E-state index contributed by atoms with van der Waals surface area (Å²) in [5, 5.41) is 14.4. The van der Waals surface area contributed by atoms with Crippen LogP contribution in [0.5, 0.6) is 0 Å². The average Bonchev–Trinajstić information content (AvgIpc) is 3.33. The van der Waals surface area contributed by atoms with E-state index >= 15 is 0 Å². The minimum atomic E-state index is -0.128. The third kappa shape index (κ3) is 2.95. The Morgan fingerprint density at radius 3 is 3.00 bits per heavy atom. The molecule has 24 heavy (non-hydrogen) atoms. The van der Waals surface area contributed by atoms with Crippen LogP contribution in [-0.4, -0.2) is 56.4 Å². The molecule has 0 aromatic carbocycles. The first-order chi connectivity index (χ1) is 11.7. The highest BCUT2D eigenvalue weighted by atomic mass is 16.2. The topological polar surface area (TPSA) is 92.5 Å². The van der Waals surface area contributed by atoms with Crippen LogP contribution in [0.4, 0.5) is 0 Å². The number of carbonyl (C=O) groups is 2. The lowest BCUT2D eigenvalue weighted by Crippen LogP contribution is -2.45. The number of fused-ring (bicyclic) bond motifs is 1. The number of amides is 2. The van der Waals surface area contributed by atoms with Crippen LogP contribution in [0.3, 0.4) is 0 Å². The Bertz CT molecular complexity index is 769. The van der Waals surface area contributed by atoms with Gasteiger partial charge in [-0.2, -0.15) is 4.52 Å². The van der Waals surface area contributed by atoms with Crippen LogP contribution in [0.25, 0.3) is 5.65 Å². The van der Waals surface area contributed by atoms with Crippen molar-refractivity contribution in [2.24, 2.45) is 11.8 Å². The Morgan fingerprint density at radius 1 is 1.29 bits per heavy atom. The minimum absolute atomic E-state index is 0.0711. The predicted molar refractivity (Wildman–Crippen MR) is 85.1 cm³/mol. The zero-order valence-electron chi connectivity index (χ0n) is 13.4. The molecule has 0 radical (unpaired) electrons. The van der Waals surface area contributed by atoms with Crippen LogP contribution >= 0.6 is 0 Å². The SMILES string of the molecule is O=C(NCC1CC1)C1CCCN(C(=O)c2cccn3nnnc23)C1. The van der Waals surface area contributed by atoms with Gasteiger partial charge in [0.05, 0.1) is 11.5 Å². The predicted octanol–water partition coefficient (Wildman–Crippen LogP) is 0.503. The van der Waals surface area contributed by atoms with Crippen molar-refractivity contribution >= 4 is 17.5 Å². The smallest absolute Gasteiger partial charge is 0.257 e. The normalized spacial score (nSPS) is 21.0.